The first-order chi connectivity index (χ1) is 8.29. The highest BCUT2D eigenvalue weighted by Crippen LogP contribution is 2.19. The molecule has 0 aromatic carbocycles. The highest BCUT2D eigenvalue weighted by atomic mass is 15.3. The van der Waals surface area contributed by atoms with Crippen molar-refractivity contribution < 1.29 is 0 Å². The summed E-state index contributed by atoms with van der Waals surface area (Å²) in [5, 5.41) is 4.29. The quantitative estimate of drug-likeness (QED) is 0.767. The molecular formula is C13H20N4. The Hall–Kier alpha value is -1.58. The Balaban J connectivity index is 2.03. The number of hydrogen-bond acceptors (Lipinski definition) is 2. The second kappa shape index (κ2) is 5.66. The Labute approximate surface area is 102 Å². The number of rotatable bonds is 6. The fourth-order valence-corrected chi connectivity index (χ4v) is 2.07. The summed E-state index contributed by atoms with van der Waals surface area (Å²) in [6.45, 7) is 6.54. The van der Waals surface area contributed by atoms with Gasteiger partial charge < -0.3 is 4.57 Å². The van der Waals surface area contributed by atoms with Crippen molar-refractivity contribution in [2.75, 3.05) is 0 Å². The van der Waals surface area contributed by atoms with Crippen molar-refractivity contribution in [1.82, 2.24) is 19.3 Å². The van der Waals surface area contributed by atoms with Crippen LogP contribution in [0.1, 0.15) is 20.3 Å². The van der Waals surface area contributed by atoms with Crippen molar-refractivity contribution in [3.05, 3.63) is 37.2 Å². The third-order valence-corrected chi connectivity index (χ3v) is 3.43. The number of imidazole rings is 1. The SMILES string of the molecule is CCC(C)C(Cn1ccnc1)Cn1cccn1. The van der Waals surface area contributed by atoms with Crippen LogP contribution < -0.4 is 0 Å². The molecule has 0 aliphatic rings. The fraction of sp³-hybridized carbons (Fsp3) is 0.538. The average molecular weight is 232 g/mol. The van der Waals surface area contributed by atoms with Crippen molar-refractivity contribution >= 4 is 0 Å². The summed E-state index contributed by atoms with van der Waals surface area (Å²) in [5.74, 6) is 1.27. The summed E-state index contributed by atoms with van der Waals surface area (Å²) in [5.41, 5.74) is 0. The number of nitrogens with zero attached hydrogens (tertiary/aromatic N) is 4. The van der Waals surface area contributed by atoms with Crippen molar-refractivity contribution in [1.29, 1.82) is 0 Å². The van der Waals surface area contributed by atoms with E-state index in [0.29, 0.717) is 11.8 Å². The maximum absolute atomic E-state index is 4.29. The molecule has 2 aromatic rings. The largest absolute Gasteiger partial charge is 0.337 e. The van der Waals surface area contributed by atoms with E-state index in [1.807, 2.05) is 41.9 Å². The molecule has 4 nitrogen and oxygen atoms in total. The Bertz CT molecular complexity index is 368. The highest BCUT2D eigenvalue weighted by molar-refractivity contribution is 4.81. The first-order valence-electron chi connectivity index (χ1n) is 6.22. The summed E-state index contributed by atoms with van der Waals surface area (Å²) >= 11 is 0. The molecule has 17 heavy (non-hydrogen) atoms. The molecule has 0 aliphatic heterocycles. The molecule has 0 amide bonds. The lowest BCUT2D eigenvalue weighted by Gasteiger charge is -2.23. The molecule has 2 heterocycles. The molecule has 0 saturated heterocycles. The van der Waals surface area contributed by atoms with Gasteiger partial charge >= 0.3 is 0 Å². The van der Waals surface area contributed by atoms with Gasteiger partial charge in [-0.25, -0.2) is 4.98 Å². The maximum atomic E-state index is 4.29. The lowest BCUT2D eigenvalue weighted by atomic mass is 9.91. The topological polar surface area (TPSA) is 35.6 Å². The van der Waals surface area contributed by atoms with E-state index in [1.54, 1.807) is 0 Å². The molecule has 0 spiro atoms. The normalized spacial score (nSPS) is 14.7. The summed E-state index contributed by atoms with van der Waals surface area (Å²) in [7, 11) is 0. The van der Waals surface area contributed by atoms with E-state index in [2.05, 4.69) is 28.5 Å². The van der Waals surface area contributed by atoms with Crippen LogP contribution in [-0.2, 0) is 13.1 Å². The summed E-state index contributed by atoms with van der Waals surface area (Å²) in [6, 6.07) is 1.98. The van der Waals surface area contributed by atoms with Crippen LogP contribution in [-0.4, -0.2) is 19.3 Å². The minimum absolute atomic E-state index is 0.592. The van der Waals surface area contributed by atoms with Crippen LogP contribution in [0.25, 0.3) is 0 Å². The van der Waals surface area contributed by atoms with Crippen LogP contribution in [0.2, 0.25) is 0 Å². The molecule has 92 valence electrons. The summed E-state index contributed by atoms with van der Waals surface area (Å²) in [4.78, 5) is 4.10. The van der Waals surface area contributed by atoms with E-state index < -0.39 is 0 Å². The maximum Gasteiger partial charge on any atom is 0.0946 e. The standard InChI is InChI=1S/C13H20N4/c1-3-12(2)13(9-16-8-6-14-11-16)10-17-7-4-5-15-17/h4-8,11-13H,3,9-10H2,1-2H3. The zero-order valence-corrected chi connectivity index (χ0v) is 10.5. The Morgan fingerprint density at radius 1 is 1.18 bits per heavy atom. The predicted octanol–water partition coefficient (Wildman–Crippen LogP) is 2.44. The molecular weight excluding hydrogens is 212 g/mol. The first kappa shape index (κ1) is 11.9. The van der Waals surface area contributed by atoms with Gasteiger partial charge in [-0.15, -0.1) is 0 Å². The third kappa shape index (κ3) is 3.19. The van der Waals surface area contributed by atoms with Crippen molar-refractivity contribution in [3.63, 3.8) is 0 Å². The molecule has 2 atom stereocenters. The van der Waals surface area contributed by atoms with E-state index in [1.165, 1.54) is 6.42 Å². The Morgan fingerprint density at radius 2 is 2.06 bits per heavy atom. The molecule has 2 rings (SSSR count). The van der Waals surface area contributed by atoms with Gasteiger partial charge in [0.05, 0.1) is 6.33 Å². The van der Waals surface area contributed by atoms with Crippen molar-refractivity contribution in [3.8, 4) is 0 Å². The summed E-state index contributed by atoms with van der Waals surface area (Å²) < 4.78 is 4.17. The molecule has 0 saturated carbocycles. The van der Waals surface area contributed by atoms with Crippen LogP contribution in [0.4, 0.5) is 0 Å². The van der Waals surface area contributed by atoms with Crippen LogP contribution in [0.5, 0.6) is 0 Å². The second-order valence-electron chi connectivity index (χ2n) is 4.63. The van der Waals surface area contributed by atoms with Crippen LogP contribution >= 0.6 is 0 Å². The molecule has 0 radical (unpaired) electrons. The predicted molar refractivity (Wildman–Crippen MR) is 67.4 cm³/mol. The second-order valence-corrected chi connectivity index (χ2v) is 4.63. The minimum atomic E-state index is 0.592. The van der Waals surface area contributed by atoms with Gasteiger partial charge in [0.25, 0.3) is 0 Å². The zero-order valence-electron chi connectivity index (χ0n) is 10.5. The third-order valence-electron chi connectivity index (χ3n) is 3.43. The molecule has 0 fully saturated rings. The number of aromatic nitrogens is 4. The number of hydrogen-bond donors (Lipinski definition) is 0. The molecule has 0 bridgehead atoms. The fourth-order valence-electron chi connectivity index (χ4n) is 2.07. The first-order valence-corrected chi connectivity index (χ1v) is 6.22. The van der Waals surface area contributed by atoms with Crippen molar-refractivity contribution in [2.45, 2.75) is 33.4 Å². The Kier molecular flexibility index (Phi) is 3.96. The van der Waals surface area contributed by atoms with Gasteiger partial charge in [0.1, 0.15) is 0 Å². The molecule has 2 aromatic heterocycles. The van der Waals surface area contributed by atoms with Crippen LogP contribution in [0, 0.1) is 11.8 Å². The van der Waals surface area contributed by atoms with Gasteiger partial charge in [-0.05, 0) is 17.9 Å². The summed E-state index contributed by atoms with van der Waals surface area (Å²) in [6.07, 6.45) is 10.8. The molecule has 2 unspecified atom stereocenters. The van der Waals surface area contributed by atoms with E-state index >= 15 is 0 Å². The monoisotopic (exact) mass is 232 g/mol. The van der Waals surface area contributed by atoms with E-state index in [9.17, 15) is 0 Å². The highest BCUT2D eigenvalue weighted by Gasteiger charge is 2.17. The van der Waals surface area contributed by atoms with Crippen LogP contribution in [0.15, 0.2) is 37.2 Å². The van der Waals surface area contributed by atoms with E-state index in [-0.39, 0.29) is 0 Å². The smallest absolute Gasteiger partial charge is 0.0946 e. The van der Waals surface area contributed by atoms with Gasteiger partial charge in [-0.2, -0.15) is 5.10 Å². The average Bonchev–Trinajstić information content (AvgIpc) is 3.00. The Morgan fingerprint density at radius 3 is 2.65 bits per heavy atom. The van der Waals surface area contributed by atoms with Gasteiger partial charge in [0.2, 0.25) is 0 Å². The molecule has 4 heteroatoms. The van der Waals surface area contributed by atoms with Gasteiger partial charge in [0.15, 0.2) is 0 Å². The van der Waals surface area contributed by atoms with E-state index in [4.69, 9.17) is 0 Å². The van der Waals surface area contributed by atoms with Gasteiger partial charge in [-0.1, -0.05) is 20.3 Å². The molecule has 0 N–H and O–H groups in total. The zero-order chi connectivity index (χ0) is 12.1. The van der Waals surface area contributed by atoms with Crippen LogP contribution in [0.3, 0.4) is 0 Å². The minimum Gasteiger partial charge on any atom is -0.337 e. The van der Waals surface area contributed by atoms with Gasteiger partial charge in [0, 0.05) is 37.9 Å². The molecule has 0 aliphatic carbocycles. The van der Waals surface area contributed by atoms with Crippen molar-refractivity contribution in [2.24, 2.45) is 11.8 Å². The lowest BCUT2D eigenvalue weighted by Crippen LogP contribution is -2.23. The lowest BCUT2D eigenvalue weighted by molar-refractivity contribution is 0.261. The van der Waals surface area contributed by atoms with Gasteiger partial charge in [-0.3, -0.25) is 4.68 Å². The van der Waals surface area contributed by atoms with E-state index in [0.717, 1.165) is 13.1 Å².